The second kappa shape index (κ2) is 7.11. The highest BCUT2D eigenvalue weighted by Crippen LogP contribution is 2.29. The fourth-order valence-corrected chi connectivity index (χ4v) is 3.66. The lowest BCUT2D eigenvalue weighted by atomic mass is 9.89. The molecule has 4 nitrogen and oxygen atoms in total. The summed E-state index contributed by atoms with van der Waals surface area (Å²) in [4.78, 5) is 0.977. The Hall–Kier alpha value is -2.59. The molecule has 1 saturated heterocycles. The van der Waals surface area contributed by atoms with E-state index in [0.717, 1.165) is 42.9 Å². The Bertz CT molecular complexity index is 818. The van der Waals surface area contributed by atoms with Crippen molar-refractivity contribution in [3.05, 3.63) is 77.6 Å². The Morgan fingerprint density at radius 1 is 0.960 bits per heavy atom. The van der Waals surface area contributed by atoms with Crippen molar-refractivity contribution in [2.75, 3.05) is 13.1 Å². The second-order valence-corrected chi connectivity index (χ2v) is 6.72. The van der Waals surface area contributed by atoms with E-state index in [0.29, 0.717) is 5.92 Å². The molecule has 25 heavy (non-hydrogen) atoms. The third kappa shape index (κ3) is 3.59. The standard InChI is InChI=1S/C21H23N3O/c25-24-15-20(19-10-12-22-13-11-19)21(23-24)14-16-6-8-18(9-7-16)17-4-2-1-3-5-17/h1-9,15,19,22,25H,10-14H2. The van der Waals surface area contributed by atoms with E-state index in [9.17, 15) is 5.21 Å². The molecule has 1 fully saturated rings. The molecule has 128 valence electrons. The highest BCUT2D eigenvalue weighted by atomic mass is 16.5. The molecule has 0 saturated carbocycles. The van der Waals surface area contributed by atoms with E-state index < -0.39 is 0 Å². The van der Waals surface area contributed by atoms with Gasteiger partial charge in [0.15, 0.2) is 0 Å². The van der Waals surface area contributed by atoms with Crippen LogP contribution in [0.5, 0.6) is 0 Å². The molecule has 2 aromatic carbocycles. The first kappa shape index (κ1) is 15.9. The van der Waals surface area contributed by atoms with Gasteiger partial charge in [0.2, 0.25) is 0 Å². The molecule has 4 heteroatoms. The Morgan fingerprint density at radius 2 is 1.64 bits per heavy atom. The molecule has 0 aliphatic carbocycles. The molecule has 0 atom stereocenters. The lowest BCUT2D eigenvalue weighted by Crippen LogP contribution is -2.26. The number of hydrogen-bond donors (Lipinski definition) is 2. The molecular formula is C21H23N3O. The summed E-state index contributed by atoms with van der Waals surface area (Å²) >= 11 is 0. The number of aromatic nitrogens is 2. The molecule has 1 aromatic heterocycles. The molecule has 1 aliphatic rings. The Morgan fingerprint density at radius 3 is 2.36 bits per heavy atom. The van der Waals surface area contributed by atoms with Crippen LogP contribution in [0, 0.1) is 0 Å². The molecule has 2 N–H and O–H groups in total. The zero-order chi connectivity index (χ0) is 17.1. The Balaban J connectivity index is 1.54. The fraction of sp³-hybridized carbons (Fsp3) is 0.286. The smallest absolute Gasteiger partial charge is 0.0738 e. The first-order chi connectivity index (χ1) is 12.3. The van der Waals surface area contributed by atoms with Crippen LogP contribution in [0.15, 0.2) is 60.8 Å². The van der Waals surface area contributed by atoms with Gasteiger partial charge in [-0.25, -0.2) is 0 Å². The number of nitrogens with zero attached hydrogens (tertiary/aromatic N) is 2. The summed E-state index contributed by atoms with van der Waals surface area (Å²) in [6.07, 6.45) is 4.74. The summed E-state index contributed by atoms with van der Waals surface area (Å²) in [5.41, 5.74) is 5.84. The minimum atomic E-state index is 0.487. The van der Waals surface area contributed by atoms with Gasteiger partial charge in [-0.15, -0.1) is 9.94 Å². The Labute approximate surface area is 148 Å². The third-order valence-electron chi connectivity index (χ3n) is 5.02. The van der Waals surface area contributed by atoms with E-state index >= 15 is 0 Å². The number of benzene rings is 2. The molecule has 0 spiro atoms. The summed E-state index contributed by atoms with van der Waals surface area (Å²) in [7, 11) is 0. The number of hydrogen-bond acceptors (Lipinski definition) is 3. The van der Waals surface area contributed by atoms with Crippen molar-refractivity contribution >= 4 is 0 Å². The van der Waals surface area contributed by atoms with E-state index in [-0.39, 0.29) is 0 Å². The molecular weight excluding hydrogens is 310 g/mol. The van der Waals surface area contributed by atoms with E-state index in [1.165, 1.54) is 22.3 Å². The van der Waals surface area contributed by atoms with Gasteiger partial charge in [-0.05, 0) is 48.5 Å². The molecule has 0 bridgehead atoms. The maximum atomic E-state index is 9.83. The van der Waals surface area contributed by atoms with E-state index in [4.69, 9.17) is 0 Å². The van der Waals surface area contributed by atoms with Gasteiger partial charge in [-0.2, -0.15) is 0 Å². The van der Waals surface area contributed by atoms with Crippen LogP contribution in [0.1, 0.15) is 35.6 Å². The highest BCUT2D eigenvalue weighted by Gasteiger charge is 2.21. The predicted octanol–water partition coefficient (Wildman–Crippen LogP) is 3.85. The minimum Gasteiger partial charge on any atom is -0.412 e. The minimum absolute atomic E-state index is 0.487. The van der Waals surface area contributed by atoms with Crippen molar-refractivity contribution < 1.29 is 5.21 Å². The molecule has 0 radical (unpaired) electrons. The number of rotatable bonds is 4. The SMILES string of the molecule is On1cc(C2CCNCC2)c(Cc2ccc(-c3ccccc3)cc2)n1. The number of nitrogens with one attached hydrogen (secondary N) is 1. The van der Waals surface area contributed by atoms with Crippen LogP contribution >= 0.6 is 0 Å². The van der Waals surface area contributed by atoms with Crippen LogP contribution in [0.3, 0.4) is 0 Å². The van der Waals surface area contributed by atoms with Gasteiger partial charge in [-0.1, -0.05) is 54.6 Å². The quantitative estimate of drug-likeness (QED) is 0.713. The number of piperidine rings is 1. The van der Waals surface area contributed by atoms with Crippen molar-refractivity contribution in [2.24, 2.45) is 0 Å². The zero-order valence-corrected chi connectivity index (χ0v) is 14.2. The van der Waals surface area contributed by atoms with Crippen LogP contribution < -0.4 is 5.32 Å². The molecule has 0 unspecified atom stereocenters. The van der Waals surface area contributed by atoms with Gasteiger partial charge in [0.05, 0.1) is 11.9 Å². The zero-order valence-electron chi connectivity index (χ0n) is 14.2. The average molecular weight is 333 g/mol. The third-order valence-corrected chi connectivity index (χ3v) is 5.02. The van der Waals surface area contributed by atoms with Crippen molar-refractivity contribution in [3.8, 4) is 11.1 Å². The maximum absolute atomic E-state index is 9.83. The van der Waals surface area contributed by atoms with Crippen LogP contribution in [-0.4, -0.2) is 28.2 Å². The average Bonchev–Trinajstić information content (AvgIpc) is 3.04. The van der Waals surface area contributed by atoms with Crippen LogP contribution in [0.4, 0.5) is 0 Å². The molecule has 3 aromatic rings. The Kier molecular flexibility index (Phi) is 4.53. The summed E-state index contributed by atoms with van der Waals surface area (Å²) in [5, 5.41) is 17.5. The van der Waals surface area contributed by atoms with E-state index in [1.54, 1.807) is 6.20 Å². The van der Waals surface area contributed by atoms with Crippen LogP contribution in [0.25, 0.3) is 11.1 Å². The highest BCUT2D eigenvalue weighted by molar-refractivity contribution is 5.63. The maximum Gasteiger partial charge on any atom is 0.0738 e. The predicted molar refractivity (Wildman–Crippen MR) is 98.9 cm³/mol. The normalized spacial score (nSPS) is 15.4. The monoisotopic (exact) mass is 333 g/mol. The molecule has 2 heterocycles. The fourth-order valence-electron chi connectivity index (χ4n) is 3.66. The first-order valence-corrected chi connectivity index (χ1v) is 8.92. The van der Waals surface area contributed by atoms with Crippen molar-refractivity contribution in [1.82, 2.24) is 15.3 Å². The molecule has 1 aliphatic heterocycles. The lowest BCUT2D eigenvalue weighted by molar-refractivity contribution is 0.147. The van der Waals surface area contributed by atoms with Gasteiger partial charge in [0, 0.05) is 12.0 Å². The summed E-state index contributed by atoms with van der Waals surface area (Å²) in [5.74, 6) is 0.487. The van der Waals surface area contributed by atoms with Crippen molar-refractivity contribution in [2.45, 2.75) is 25.2 Å². The second-order valence-electron chi connectivity index (χ2n) is 6.72. The van der Waals surface area contributed by atoms with Crippen molar-refractivity contribution in [3.63, 3.8) is 0 Å². The van der Waals surface area contributed by atoms with Gasteiger partial charge in [0.25, 0.3) is 0 Å². The largest absolute Gasteiger partial charge is 0.412 e. The summed E-state index contributed by atoms with van der Waals surface area (Å²) < 4.78 is 0. The molecule has 4 rings (SSSR count). The van der Waals surface area contributed by atoms with Crippen LogP contribution in [0.2, 0.25) is 0 Å². The summed E-state index contributed by atoms with van der Waals surface area (Å²) in [6, 6.07) is 19.0. The first-order valence-electron chi connectivity index (χ1n) is 8.92. The topological polar surface area (TPSA) is 50.1 Å². The van der Waals surface area contributed by atoms with Gasteiger partial charge >= 0.3 is 0 Å². The van der Waals surface area contributed by atoms with E-state index in [2.05, 4.69) is 58.9 Å². The van der Waals surface area contributed by atoms with Crippen LogP contribution in [-0.2, 0) is 6.42 Å². The van der Waals surface area contributed by atoms with Gasteiger partial charge in [0.1, 0.15) is 0 Å². The lowest BCUT2D eigenvalue weighted by Gasteiger charge is -2.22. The van der Waals surface area contributed by atoms with Gasteiger partial charge < -0.3 is 10.5 Å². The summed E-state index contributed by atoms with van der Waals surface area (Å²) in [6.45, 7) is 2.07. The van der Waals surface area contributed by atoms with E-state index in [1.807, 2.05) is 6.07 Å². The molecule has 0 amide bonds. The van der Waals surface area contributed by atoms with Crippen molar-refractivity contribution in [1.29, 1.82) is 0 Å². The van der Waals surface area contributed by atoms with Gasteiger partial charge in [-0.3, -0.25) is 0 Å².